The minimum Gasteiger partial charge on any atom is -0.504 e. The molecular formula is C20H16ClN5O2. The van der Waals surface area contributed by atoms with Crippen LogP contribution < -0.4 is 15.4 Å². The first kappa shape index (κ1) is 17.8. The second-order valence-electron chi connectivity index (χ2n) is 5.94. The van der Waals surface area contributed by atoms with Crippen molar-refractivity contribution in [3.8, 4) is 11.5 Å². The van der Waals surface area contributed by atoms with Gasteiger partial charge in [-0.15, -0.1) is 0 Å². The molecule has 0 unspecified atom stereocenters. The van der Waals surface area contributed by atoms with Gasteiger partial charge in [0.25, 0.3) is 0 Å². The Morgan fingerprint density at radius 2 is 1.89 bits per heavy atom. The van der Waals surface area contributed by atoms with Crippen LogP contribution in [0.15, 0.2) is 60.9 Å². The summed E-state index contributed by atoms with van der Waals surface area (Å²) < 4.78 is 5.11. The summed E-state index contributed by atoms with van der Waals surface area (Å²) >= 11 is 6.16. The molecule has 7 nitrogen and oxygen atoms in total. The van der Waals surface area contributed by atoms with Crippen LogP contribution in [0, 0.1) is 0 Å². The number of aromatic nitrogens is 3. The smallest absolute Gasteiger partial charge is 0.229 e. The number of pyridine rings is 1. The summed E-state index contributed by atoms with van der Waals surface area (Å²) in [5.41, 5.74) is 2.22. The number of methoxy groups -OCH3 is 1. The Balaban J connectivity index is 1.55. The van der Waals surface area contributed by atoms with Gasteiger partial charge < -0.3 is 20.5 Å². The van der Waals surface area contributed by atoms with E-state index < -0.39 is 0 Å². The molecule has 2 aromatic heterocycles. The van der Waals surface area contributed by atoms with E-state index in [2.05, 4.69) is 25.6 Å². The van der Waals surface area contributed by atoms with E-state index in [1.807, 2.05) is 24.3 Å². The lowest BCUT2D eigenvalue weighted by Gasteiger charge is -2.10. The van der Waals surface area contributed by atoms with Gasteiger partial charge in [0.05, 0.1) is 29.5 Å². The molecular weight excluding hydrogens is 378 g/mol. The minimum atomic E-state index is 0.0632. The van der Waals surface area contributed by atoms with Crippen LogP contribution in [0.4, 0.5) is 23.1 Å². The normalized spacial score (nSPS) is 10.6. The van der Waals surface area contributed by atoms with E-state index >= 15 is 0 Å². The maximum absolute atomic E-state index is 9.69. The second-order valence-corrected chi connectivity index (χ2v) is 6.34. The lowest BCUT2D eigenvalue weighted by molar-refractivity contribution is 0.374. The number of anilines is 4. The summed E-state index contributed by atoms with van der Waals surface area (Å²) in [4.78, 5) is 13.1. The molecule has 3 N–H and O–H groups in total. The Bertz CT molecular complexity index is 1150. The highest BCUT2D eigenvalue weighted by molar-refractivity contribution is 6.35. The Kier molecular flexibility index (Phi) is 4.82. The highest BCUT2D eigenvalue weighted by Gasteiger charge is 2.06. The average molecular weight is 394 g/mol. The first-order chi connectivity index (χ1) is 13.6. The highest BCUT2D eigenvalue weighted by atomic mass is 35.5. The number of phenolic OH excluding ortho intramolecular Hbond substituents is 1. The number of para-hydroxylation sites is 1. The number of fused-ring (bicyclic) bond motifs is 1. The zero-order chi connectivity index (χ0) is 19.5. The van der Waals surface area contributed by atoms with Gasteiger partial charge in [-0.1, -0.05) is 23.7 Å². The molecule has 0 fully saturated rings. The molecule has 0 bridgehead atoms. The Hall–Kier alpha value is -3.58. The van der Waals surface area contributed by atoms with Gasteiger partial charge in [-0.3, -0.25) is 4.98 Å². The van der Waals surface area contributed by atoms with Crippen LogP contribution in [0.5, 0.6) is 11.5 Å². The molecule has 0 saturated heterocycles. The number of benzene rings is 2. The van der Waals surface area contributed by atoms with Gasteiger partial charge in [-0.05, 0) is 30.3 Å². The van der Waals surface area contributed by atoms with Crippen LogP contribution in [0.1, 0.15) is 0 Å². The summed E-state index contributed by atoms with van der Waals surface area (Å²) in [7, 11) is 1.49. The number of hydrogen-bond acceptors (Lipinski definition) is 7. The van der Waals surface area contributed by atoms with Crippen LogP contribution in [-0.4, -0.2) is 27.2 Å². The van der Waals surface area contributed by atoms with Crippen molar-refractivity contribution in [3.05, 3.63) is 65.9 Å². The quantitative estimate of drug-likeness (QED) is 0.416. The molecule has 0 saturated carbocycles. The largest absolute Gasteiger partial charge is 0.504 e. The van der Waals surface area contributed by atoms with Crippen molar-refractivity contribution in [2.45, 2.75) is 0 Å². The predicted molar refractivity (Wildman–Crippen MR) is 110 cm³/mol. The molecule has 0 atom stereocenters. The van der Waals surface area contributed by atoms with E-state index in [9.17, 15) is 5.11 Å². The molecule has 0 aliphatic rings. The van der Waals surface area contributed by atoms with Crippen LogP contribution in [-0.2, 0) is 0 Å². The Labute approximate surface area is 166 Å². The molecule has 4 rings (SSSR count). The van der Waals surface area contributed by atoms with Crippen LogP contribution >= 0.6 is 11.6 Å². The zero-order valence-corrected chi connectivity index (χ0v) is 15.6. The number of rotatable bonds is 5. The maximum Gasteiger partial charge on any atom is 0.229 e. The Morgan fingerprint density at radius 3 is 2.75 bits per heavy atom. The monoisotopic (exact) mass is 393 g/mol. The van der Waals surface area contributed by atoms with Gasteiger partial charge in [0.1, 0.15) is 5.82 Å². The van der Waals surface area contributed by atoms with Gasteiger partial charge in [-0.25, -0.2) is 4.98 Å². The first-order valence-corrected chi connectivity index (χ1v) is 8.78. The lowest BCUT2D eigenvalue weighted by atomic mass is 10.2. The van der Waals surface area contributed by atoms with Gasteiger partial charge in [0, 0.05) is 23.3 Å². The molecule has 2 heterocycles. The summed E-state index contributed by atoms with van der Waals surface area (Å²) in [5.74, 6) is 1.43. The molecule has 4 aromatic rings. The Morgan fingerprint density at radius 1 is 1.00 bits per heavy atom. The van der Waals surface area contributed by atoms with E-state index in [0.29, 0.717) is 28.2 Å². The van der Waals surface area contributed by atoms with Crippen molar-refractivity contribution in [3.63, 3.8) is 0 Å². The van der Waals surface area contributed by atoms with Crippen molar-refractivity contribution in [2.75, 3.05) is 17.7 Å². The molecule has 0 radical (unpaired) electrons. The van der Waals surface area contributed by atoms with Gasteiger partial charge in [0.2, 0.25) is 5.95 Å². The SMILES string of the molecule is COc1cc(Nc2nccc(Nc3cnc4c(Cl)cccc4c3)n2)ccc1O. The third kappa shape index (κ3) is 3.74. The highest BCUT2D eigenvalue weighted by Crippen LogP contribution is 2.30. The van der Waals surface area contributed by atoms with E-state index in [1.165, 1.54) is 13.2 Å². The average Bonchev–Trinajstić information content (AvgIpc) is 2.70. The van der Waals surface area contributed by atoms with Gasteiger partial charge in [0.15, 0.2) is 11.5 Å². The fourth-order valence-corrected chi connectivity index (χ4v) is 2.94. The molecule has 0 aliphatic heterocycles. The van der Waals surface area contributed by atoms with E-state index in [0.717, 1.165) is 16.6 Å². The molecule has 140 valence electrons. The van der Waals surface area contributed by atoms with Crippen LogP contribution in [0.25, 0.3) is 10.9 Å². The van der Waals surface area contributed by atoms with E-state index in [1.54, 1.807) is 30.6 Å². The van der Waals surface area contributed by atoms with Crippen LogP contribution in [0.3, 0.4) is 0 Å². The number of ether oxygens (including phenoxy) is 1. The number of nitrogens with one attached hydrogen (secondary N) is 2. The summed E-state index contributed by atoms with van der Waals surface area (Å²) in [6.45, 7) is 0. The van der Waals surface area contributed by atoms with E-state index in [4.69, 9.17) is 16.3 Å². The fraction of sp³-hybridized carbons (Fsp3) is 0.0500. The third-order valence-corrected chi connectivity index (χ3v) is 4.33. The topological polar surface area (TPSA) is 92.2 Å². The van der Waals surface area contributed by atoms with Crippen LogP contribution in [0.2, 0.25) is 5.02 Å². The predicted octanol–water partition coefficient (Wildman–Crippen LogP) is 4.88. The molecule has 8 heteroatoms. The minimum absolute atomic E-state index is 0.0632. The first-order valence-electron chi connectivity index (χ1n) is 8.41. The molecule has 0 spiro atoms. The van der Waals surface area contributed by atoms with Crippen molar-refractivity contribution < 1.29 is 9.84 Å². The summed E-state index contributed by atoms with van der Waals surface area (Å²) in [6, 6.07) is 14.3. The summed E-state index contributed by atoms with van der Waals surface area (Å²) in [6.07, 6.45) is 3.34. The maximum atomic E-state index is 9.69. The summed E-state index contributed by atoms with van der Waals surface area (Å²) in [5, 5.41) is 17.5. The van der Waals surface area contributed by atoms with Gasteiger partial charge in [-0.2, -0.15) is 4.98 Å². The number of phenols is 1. The number of aromatic hydroxyl groups is 1. The van der Waals surface area contributed by atoms with Crippen molar-refractivity contribution in [1.82, 2.24) is 15.0 Å². The standard InChI is InChI=1S/C20H16ClN5O2/c1-28-17-10-13(5-6-16(17)27)25-20-22-8-7-18(26-20)24-14-9-12-3-2-4-15(21)19(12)23-11-14/h2-11,27H,1H3,(H2,22,24,25,26). The molecule has 2 aromatic carbocycles. The number of nitrogens with zero attached hydrogens (tertiary/aromatic N) is 3. The van der Waals surface area contributed by atoms with E-state index in [-0.39, 0.29) is 5.75 Å². The van der Waals surface area contributed by atoms with Crippen molar-refractivity contribution in [2.24, 2.45) is 0 Å². The molecule has 0 amide bonds. The van der Waals surface area contributed by atoms with Crippen molar-refractivity contribution >= 4 is 45.6 Å². The number of hydrogen-bond donors (Lipinski definition) is 3. The third-order valence-electron chi connectivity index (χ3n) is 4.03. The molecule has 0 aliphatic carbocycles. The zero-order valence-electron chi connectivity index (χ0n) is 14.8. The van der Waals surface area contributed by atoms with Gasteiger partial charge >= 0.3 is 0 Å². The number of halogens is 1. The van der Waals surface area contributed by atoms with Crippen molar-refractivity contribution in [1.29, 1.82) is 0 Å². The second kappa shape index (κ2) is 7.58. The molecule has 28 heavy (non-hydrogen) atoms. The lowest BCUT2D eigenvalue weighted by Crippen LogP contribution is -2.01. The fourth-order valence-electron chi connectivity index (χ4n) is 2.71.